The largest absolute Gasteiger partial charge is 0.368 e. The Kier molecular flexibility index (Phi) is 5.30. The summed E-state index contributed by atoms with van der Waals surface area (Å²) in [6, 6.07) is 22.5. The van der Waals surface area contributed by atoms with Gasteiger partial charge in [-0.2, -0.15) is 0 Å². The van der Waals surface area contributed by atoms with E-state index in [1.807, 2.05) is 61.5 Å². The number of rotatable bonds is 5. The molecule has 158 valence electrons. The molecule has 2 bridgehead atoms. The first-order valence-corrected chi connectivity index (χ1v) is 11.0. The number of halogens is 1. The number of piperidine rings is 1. The molecule has 0 radical (unpaired) electrons. The molecule has 0 aromatic heterocycles. The van der Waals surface area contributed by atoms with Crippen molar-refractivity contribution in [3.63, 3.8) is 0 Å². The summed E-state index contributed by atoms with van der Waals surface area (Å²) in [6.07, 6.45) is 1.28. The minimum absolute atomic E-state index is 0.154. The molecule has 3 heterocycles. The van der Waals surface area contributed by atoms with E-state index in [2.05, 4.69) is 33.0 Å². The van der Waals surface area contributed by atoms with Crippen molar-refractivity contribution in [2.24, 2.45) is 0 Å². The van der Waals surface area contributed by atoms with Crippen molar-refractivity contribution in [1.82, 2.24) is 5.32 Å². The number of para-hydroxylation sites is 1. The molecule has 5 nitrogen and oxygen atoms in total. The predicted molar refractivity (Wildman–Crippen MR) is 128 cm³/mol. The highest BCUT2D eigenvalue weighted by Crippen LogP contribution is 2.29. The number of carbonyl (C=O) groups excluding carboxylic acids is 1. The zero-order valence-corrected chi connectivity index (χ0v) is 18.1. The maximum Gasteiger partial charge on any atom is 0.257 e. The molecule has 6 heteroatoms. The van der Waals surface area contributed by atoms with Crippen molar-refractivity contribution in [2.75, 3.05) is 28.6 Å². The molecular weight excluding hydrogens is 408 g/mol. The first-order chi connectivity index (χ1) is 15.1. The van der Waals surface area contributed by atoms with Gasteiger partial charge in [-0.1, -0.05) is 29.8 Å². The number of benzene rings is 3. The Labute approximate surface area is 187 Å². The quantitative estimate of drug-likeness (QED) is 0.519. The molecule has 1 amide bonds. The number of nitrogens with zero attached hydrogens (tertiary/aromatic N) is 1. The van der Waals surface area contributed by atoms with Crippen molar-refractivity contribution in [1.29, 1.82) is 0 Å². The molecule has 0 aliphatic carbocycles. The summed E-state index contributed by atoms with van der Waals surface area (Å²) in [5.74, 6) is -0.154. The smallest absolute Gasteiger partial charge is 0.257 e. The van der Waals surface area contributed by atoms with Crippen molar-refractivity contribution in [3.05, 3.63) is 82.9 Å². The van der Waals surface area contributed by atoms with Gasteiger partial charge in [0.2, 0.25) is 0 Å². The third kappa shape index (κ3) is 4.11. The van der Waals surface area contributed by atoms with Gasteiger partial charge in [0.25, 0.3) is 5.91 Å². The maximum atomic E-state index is 13.0. The Morgan fingerprint density at radius 3 is 2.39 bits per heavy atom. The lowest BCUT2D eigenvalue weighted by molar-refractivity contribution is 0.102. The first kappa shape index (κ1) is 19.9. The number of hydrogen-bond acceptors (Lipinski definition) is 4. The molecule has 0 saturated carbocycles. The molecule has 0 unspecified atom stereocenters. The van der Waals surface area contributed by atoms with Gasteiger partial charge in [0.05, 0.1) is 11.3 Å². The number of carbonyl (C=O) groups is 1. The van der Waals surface area contributed by atoms with Gasteiger partial charge in [0.15, 0.2) is 0 Å². The van der Waals surface area contributed by atoms with E-state index in [1.165, 1.54) is 12.1 Å². The zero-order valence-electron chi connectivity index (χ0n) is 17.4. The molecule has 3 aromatic rings. The highest BCUT2D eigenvalue weighted by molar-refractivity contribution is 6.31. The summed E-state index contributed by atoms with van der Waals surface area (Å²) in [7, 11) is 0. The molecule has 2 atom stereocenters. The lowest BCUT2D eigenvalue weighted by Gasteiger charge is -2.49. The maximum absolute atomic E-state index is 13.0. The van der Waals surface area contributed by atoms with Crippen LogP contribution in [0.15, 0.2) is 66.7 Å². The Morgan fingerprint density at radius 1 is 0.968 bits per heavy atom. The van der Waals surface area contributed by atoms with Crippen LogP contribution in [0.3, 0.4) is 0 Å². The van der Waals surface area contributed by atoms with Gasteiger partial charge in [-0.15, -0.1) is 0 Å². The van der Waals surface area contributed by atoms with Crippen LogP contribution in [0, 0.1) is 6.92 Å². The van der Waals surface area contributed by atoms with Crippen LogP contribution in [0.5, 0.6) is 0 Å². The number of amides is 1. The Hall–Kier alpha value is -3.02. The summed E-state index contributed by atoms with van der Waals surface area (Å²) in [6.45, 7) is 4.05. The third-order valence-corrected chi connectivity index (χ3v) is 6.53. The summed E-state index contributed by atoms with van der Waals surface area (Å²) < 4.78 is 0. The number of nitrogens with one attached hydrogen (secondary N) is 3. The second-order valence-electron chi connectivity index (χ2n) is 8.29. The molecule has 0 spiro atoms. The minimum Gasteiger partial charge on any atom is -0.368 e. The molecule has 3 aromatic carbocycles. The van der Waals surface area contributed by atoms with Crippen LogP contribution >= 0.6 is 11.6 Å². The Bertz CT molecular complexity index is 1100. The van der Waals surface area contributed by atoms with Gasteiger partial charge >= 0.3 is 0 Å². The highest BCUT2D eigenvalue weighted by Gasteiger charge is 2.36. The van der Waals surface area contributed by atoms with Crippen LogP contribution in [0.4, 0.5) is 22.7 Å². The van der Waals surface area contributed by atoms with Gasteiger partial charge < -0.3 is 20.9 Å². The van der Waals surface area contributed by atoms with Crippen molar-refractivity contribution in [2.45, 2.75) is 25.4 Å². The van der Waals surface area contributed by atoms with E-state index < -0.39 is 0 Å². The highest BCUT2D eigenvalue weighted by atomic mass is 35.5. The van der Waals surface area contributed by atoms with Gasteiger partial charge in [-0.05, 0) is 67.4 Å². The molecule has 3 saturated heterocycles. The van der Waals surface area contributed by atoms with Crippen molar-refractivity contribution >= 4 is 40.3 Å². The standard InChI is InChI=1S/C25H25ClN4O/c1-16-22(26)6-4-8-23(16)29-24-7-3-2-5-21(24)25(31)28-17-9-11-20(12-10-17)30-14-18-13-19(15-30)27-18/h2-12,18-19,27,29H,13-15H2,1H3,(H,28,31)/t18-,19+. The van der Waals surface area contributed by atoms with Crippen LogP contribution in [0.25, 0.3) is 0 Å². The second kappa shape index (κ2) is 8.25. The van der Waals surface area contributed by atoms with E-state index >= 15 is 0 Å². The number of anilines is 4. The summed E-state index contributed by atoms with van der Waals surface area (Å²) in [5, 5.41) is 10.6. The summed E-state index contributed by atoms with van der Waals surface area (Å²) in [4.78, 5) is 15.4. The topological polar surface area (TPSA) is 56.4 Å². The van der Waals surface area contributed by atoms with Gasteiger partial charge in [-0.3, -0.25) is 4.79 Å². The molecule has 3 N–H and O–H groups in total. The fourth-order valence-electron chi connectivity index (χ4n) is 4.36. The van der Waals surface area contributed by atoms with E-state index in [4.69, 9.17) is 11.6 Å². The van der Waals surface area contributed by atoms with Crippen LogP contribution in [0.1, 0.15) is 22.3 Å². The molecular formula is C25H25ClN4O. The Balaban J connectivity index is 1.30. The summed E-state index contributed by atoms with van der Waals surface area (Å²) in [5.41, 5.74) is 5.12. The number of hydrogen-bond donors (Lipinski definition) is 3. The average molecular weight is 433 g/mol. The van der Waals surface area contributed by atoms with Crippen molar-refractivity contribution in [3.8, 4) is 0 Å². The van der Waals surface area contributed by atoms with E-state index in [9.17, 15) is 4.79 Å². The zero-order chi connectivity index (χ0) is 21.4. The van der Waals surface area contributed by atoms with E-state index in [-0.39, 0.29) is 5.91 Å². The van der Waals surface area contributed by atoms with E-state index in [0.29, 0.717) is 22.7 Å². The minimum atomic E-state index is -0.154. The van der Waals surface area contributed by atoms with Crippen LogP contribution < -0.4 is 20.9 Å². The fourth-order valence-corrected chi connectivity index (χ4v) is 4.53. The molecule has 3 aliphatic rings. The SMILES string of the molecule is Cc1c(Cl)cccc1Nc1ccccc1C(=O)Nc1ccc(N2C[C@H]3C[C@@H](C2)N3)cc1. The Morgan fingerprint density at radius 2 is 1.65 bits per heavy atom. The van der Waals surface area contributed by atoms with Crippen LogP contribution in [-0.2, 0) is 0 Å². The first-order valence-electron chi connectivity index (χ1n) is 10.6. The fraction of sp³-hybridized carbons (Fsp3) is 0.240. The molecule has 3 aliphatic heterocycles. The normalized spacial score (nSPS) is 19.5. The lowest BCUT2D eigenvalue weighted by atomic mass is 9.91. The van der Waals surface area contributed by atoms with Crippen molar-refractivity contribution < 1.29 is 4.79 Å². The van der Waals surface area contributed by atoms with Gasteiger partial charge in [0.1, 0.15) is 0 Å². The number of piperazine rings is 1. The second-order valence-corrected chi connectivity index (χ2v) is 8.69. The molecule has 3 fully saturated rings. The number of fused-ring (bicyclic) bond motifs is 2. The van der Waals surface area contributed by atoms with Gasteiger partial charge in [-0.25, -0.2) is 0 Å². The van der Waals surface area contributed by atoms with Gasteiger partial charge in [0, 0.05) is 47.3 Å². The summed E-state index contributed by atoms with van der Waals surface area (Å²) >= 11 is 6.24. The van der Waals surface area contributed by atoms with E-state index in [0.717, 1.165) is 35.7 Å². The molecule has 6 rings (SSSR count). The monoisotopic (exact) mass is 432 g/mol. The van der Waals surface area contributed by atoms with Crippen LogP contribution in [0.2, 0.25) is 5.02 Å². The lowest BCUT2D eigenvalue weighted by Crippen LogP contribution is -2.67. The predicted octanol–water partition coefficient (Wildman–Crippen LogP) is 5.19. The van der Waals surface area contributed by atoms with E-state index in [1.54, 1.807) is 0 Å². The molecule has 31 heavy (non-hydrogen) atoms. The third-order valence-electron chi connectivity index (χ3n) is 6.12. The average Bonchev–Trinajstić information content (AvgIpc) is 2.77. The van der Waals surface area contributed by atoms with Crippen LogP contribution in [-0.4, -0.2) is 31.1 Å².